The van der Waals surface area contributed by atoms with Crippen molar-refractivity contribution in [3.63, 3.8) is 0 Å². The number of carboxylic acid groups (broad SMARTS) is 2. The van der Waals surface area contributed by atoms with Crippen LogP contribution in [-0.2, 0) is 19.1 Å². The molecule has 0 amide bonds. The van der Waals surface area contributed by atoms with Crippen molar-refractivity contribution in [3.8, 4) is 0 Å². The van der Waals surface area contributed by atoms with Crippen molar-refractivity contribution in [1.82, 2.24) is 0 Å². The number of hydrogen-bond donors (Lipinski definition) is 2. The maximum absolute atomic E-state index is 12.0. The summed E-state index contributed by atoms with van der Waals surface area (Å²) < 4.78 is 5.12. The first kappa shape index (κ1) is 17.4. The molecule has 2 N–H and O–H groups in total. The number of aliphatic carboxylic acids is 2. The van der Waals surface area contributed by atoms with Crippen molar-refractivity contribution in [3.05, 3.63) is 0 Å². The first-order valence-electron chi connectivity index (χ1n) is 6.14. The molecule has 0 aromatic carbocycles. The largest absolute Gasteiger partial charge is 0.481 e. The molecule has 0 radical (unpaired) electrons. The first-order chi connectivity index (χ1) is 8.45. The second-order valence-electron chi connectivity index (χ2n) is 5.92. The van der Waals surface area contributed by atoms with Gasteiger partial charge in [0.05, 0.1) is 5.92 Å². The molecule has 0 rings (SSSR count). The molecule has 0 heterocycles. The molecule has 0 saturated carbocycles. The molecular formula is C13H22O6. The van der Waals surface area contributed by atoms with Crippen molar-refractivity contribution < 1.29 is 29.3 Å². The monoisotopic (exact) mass is 274 g/mol. The number of rotatable bonds is 6. The summed E-state index contributed by atoms with van der Waals surface area (Å²) in [5, 5.41) is 18.0. The van der Waals surface area contributed by atoms with Crippen molar-refractivity contribution >= 4 is 17.9 Å². The predicted octanol–water partition coefficient (Wildman–Crippen LogP) is 1.78. The van der Waals surface area contributed by atoms with E-state index in [1.807, 2.05) is 0 Å². The lowest BCUT2D eigenvalue weighted by Crippen LogP contribution is -2.40. The number of hydrogen-bond acceptors (Lipinski definition) is 4. The van der Waals surface area contributed by atoms with Gasteiger partial charge in [-0.15, -0.1) is 0 Å². The normalized spacial score (nSPS) is 13.4. The molecule has 1 unspecified atom stereocenters. The molecule has 0 aliphatic carbocycles. The first-order valence-corrected chi connectivity index (χ1v) is 6.14. The van der Waals surface area contributed by atoms with Gasteiger partial charge < -0.3 is 14.9 Å². The molecule has 0 fully saturated rings. The summed E-state index contributed by atoms with van der Waals surface area (Å²) in [5.74, 6) is -6.81. The van der Waals surface area contributed by atoms with E-state index in [-0.39, 0.29) is 12.3 Å². The smallest absolute Gasteiger partial charge is 0.318 e. The third-order valence-corrected chi connectivity index (χ3v) is 2.37. The van der Waals surface area contributed by atoms with Crippen LogP contribution in [-0.4, -0.2) is 33.7 Å². The minimum atomic E-state index is -1.78. The fraction of sp³-hybridized carbons (Fsp3) is 0.769. The Bertz CT molecular complexity index is 339. The number of carbonyl (C=O) groups is 3. The summed E-state index contributed by atoms with van der Waals surface area (Å²) in [6.45, 7) is 8.52. The molecule has 0 spiro atoms. The highest BCUT2D eigenvalue weighted by Gasteiger charge is 2.41. The van der Waals surface area contributed by atoms with Gasteiger partial charge in [-0.1, -0.05) is 13.8 Å². The summed E-state index contributed by atoms with van der Waals surface area (Å²) in [5.41, 5.74) is -0.784. The summed E-state index contributed by atoms with van der Waals surface area (Å²) >= 11 is 0. The number of carbonyl (C=O) groups excluding carboxylic acids is 1. The van der Waals surface area contributed by atoms with Crippen LogP contribution >= 0.6 is 0 Å². The molecule has 19 heavy (non-hydrogen) atoms. The molecule has 6 nitrogen and oxygen atoms in total. The van der Waals surface area contributed by atoms with Gasteiger partial charge in [0, 0.05) is 0 Å². The molecule has 1 atom stereocenters. The van der Waals surface area contributed by atoms with Crippen molar-refractivity contribution in [2.24, 2.45) is 17.8 Å². The van der Waals surface area contributed by atoms with E-state index in [9.17, 15) is 14.4 Å². The minimum Gasteiger partial charge on any atom is -0.481 e. The standard InChI is InChI=1S/C13H22O6/c1-7(2)6-8(9(10(14)15)11(16)17)12(18)19-13(3,4)5/h7-9H,6H2,1-5H3,(H,14,15)(H,16,17). The highest BCUT2D eigenvalue weighted by atomic mass is 16.6. The molecule has 0 aromatic rings. The van der Waals surface area contributed by atoms with Gasteiger partial charge in [0.1, 0.15) is 5.60 Å². The van der Waals surface area contributed by atoms with E-state index in [0.717, 1.165) is 0 Å². The lowest BCUT2D eigenvalue weighted by molar-refractivity contribution is -0.173. The molecular weight excluding hydrogens is 252 g/mol. The number of esters is 1. The summed E-state index contributed by atoms with van der Waals surface area (Å²) in [7, 11) is 0. The van der Waals surface area contributed by atoms with Crippen LogP contribution in [0.25, 0.3) is 0 Å². The minimum absolute atomic E-state index is 0.0151. The zero-order valence-corrected chi connectivity index (χ0v) is 12.0. The summed E-state index contributed by atoms with van der Waals surface area (Å²) in [6.07, 6.45) is 0.151. The topological polar surface area (TPSA) is 101 Å². The Kier molecular flexibility index (Phi) is 5.99. The second-order valence-corrected chi connectivity index (χ2v) is 5.92. The van der Waals surface area contributed by atoms with E-state index < -0.39 is 35.3 Å². The van der Waals surface area contributed by atoms with Crippen LogP contribution in [0.3, 0.4) is 0 Å². The van der Waals surface area contributed by atoms with E-state index in [4.69, 9.17) is 14.9 Å². The molecule has 0 aliphatic heterocycles. The van der Waals surface area contributed by atoms with Gasteiger partial charge in [-0.05, 0) is 33.1 Å². The average molecular weight is 274 g/mol. The average Bonchev–Trinajstić information content (AvgIpc) is 2.11. The van der Waals surface area contributed by atoms with E-state index >= 15 is 0 Å². The van der Waals surface area contributed by atoms with Crippen LogP contribution in [0.5, 0.6) is 0 Å². The van der Waals surface area contributed by atoms with E-state index in [1.54, 1.807) is 34.6 Å². The van der Waals surface area contributed by atoms with Crippen molar-refractivity contribution in [2.45, 2.75) is 46.6 Å². The Labute approximate surface area is 112 Å². The summed E-state index contributed by atoms with van der Waals surface area (Å²) in [6, 6.07) is 0. The molecule has 0 saturated heterocycles. The second kappa shape index (κ2) is 6.54. The lowest BCUT2D eigenvalue weighted by atomic mass is 9.85. The van der Waals surface area contributed by atoms with Gasteiger partial charge >= 0.3 is 17.9 Å². The Balaban J connectivity index is 5.24. The third kappa shape index (κ3) is 6.22. The number of carboxylic acids is 2. The fourth-order valence-electron chi connectivity index (χ4n) is 1.70. The van der Waals surface area contributed by atoms with E-state index in [1.165, 1.54) is 0 Å². The Hall–Kier alpha value is -1.59. The Morgan fingerprint density at radius 1 is 1.05 bits per heavy atom. The zero-order chi connectivity index (χ0) is 15.4. The van der Waals surface area contributed by atoms with Gasteiger partial charge in [-0.2, -0.15) is 0 Å². The molecule has 6 heteroatoms. The Morgan fingerprint density at radius 2 is 1.47 bits per heavy atom. The molecule has 0 aliphatic rings. The van der Waals surface area contributed by atoms with Crippen LogP contribution in [0.15, 0.2) is 0 Å². The van der Waals surface area contributed by atoms with Gasteiger partial charge in [0.2, 0.25) is 0 Å². The third-order valence-electron chi connectivity index (χ3n) is 2.37. The van der Waals surface area contributed by atoms with Gasteiger partial charge in [0.15, 0.2) is 5.92 Å². The maximum Gasteiger partial charge on any atom is 0.318 e. The van der Waals surface area contributed by atoms with Crippen LogP contribution in [0.2, 0.25) is 0 Å². The van der Waals surface area contributed by atoms with Crippen LogP contribution in [0.4, 0.5) is 0 Å². The highest BCUT2D eigenvalue weighted by molar-refractivity contribution is 5.97. The summed E-state index contributed by atoms with van der Waals surface area (Å²) in [4.78, 5) is 34.1. The van der Waals surface area contributed by atoms with Gasteiger partial charge in [-0.25, -0.2) is 0 Å². The Morgan fingerprint density at radius 3 is 1.74 bits per heavy atom. The fourth-order valence-corrected chi connectivity index (χ4v) is 1.70. The van der Waals surface area contributed by atoms with Crippen LogP contribution in [0.1, 0.15) is 41.0 Å². The quantitative estimate of drug-likeness (QED) is 0.565. The van der Waals surface area contributed by atoms with Gasteiger partial charge in [-0.3, -0.25) is 14.4 Å². The van der Waals surface area contributed by atoms with Crippen LogP contribution < -0.4 is 0 Å². The van der Waals surface area contributed by atoms with E-state index in [2.05, 4.69) is 0 Å². The predicted molar refractivity (Wildman–Crippen MR) is 67.6 cm³/mol. The zero-order valence-electron chi connectivity index (χ0n) is 12.0. The SMILES string of the molecule is CC(C)CC(C(=O)OC(C)(C)C)C(C(=O)O)C(=O)O. The molecule has 110 valence electrons. The van der Waals surface area contributed by atoms with Crippen LogP contribution in [0, 0.1) is 17.8 Å². The van der Waals surface area contributed by atoms with Crippen molar-refractivity contribution in [2.75, 3.05) is 0 Å². The number of ether oxygens (including phenoxy) is 1. The highest BCUT2D eigenvalue weighted by Crippen LogP contribution is 2.25. The van der Waals surface area contributed by atoms with E-state index in [0.29, 0.717) is 0 Å². The molecule has 0 aromatic heterocycles. The van der Waals surface area contributed by atoms with Gasteiger partial charge in [0.25, 0.3) is 0 Å². The lowest BCUT2D eigenvalue weighted by Gasteiger charge is -2.26. The maximum atomic E-state index is 12.0. The molecule has 0 bridgehead atoms. The van der Waals surface area contributed by atoms with Crippen molar-refractivity contribution in [1.29, 1.82) is 0 Å².